The summed E-state index contributed by atoms with van der Waals surface area (Å²) >= 11 is 3.41. The lowest BCUT2D eigenvalue weighted by Gasteiger charge is -2.27. The van der Waals surface area contributed by atoms with Crippen LogP contribution in [0, 0.1) is 0 Å². The van der Waals surface area contributed by atoms with E-state index in [1.807, 2.05) is 30.3 Å². The smallest absolute Gasteiger partial charge is 0.227 e. The highest BCUT2D eigenvalue weighted by Crippen LogP contribution is 2.33. The van der Waals surface area contributed by atoms with E-state index in [2.05, 4.69) is 18.7 Å². The van der Waals surface area contributed by atoms with Gasteiger partial charge in [0.15, 0.2) is 5.82 Å². The fraction of sp³-hybridized carbons (Fsp3) is 0.400. The minimum absolute atomic E-state index is 0.706. The van der Waals surface area contributed by atoms with Crippen LogP contribution in [0.15, 0.2) is 40.4 Å². The number of fused-ring (bicyclic) bond motifs is 1. The van der Waals surface area contributed by atoms with Crippen molar-refractivity contribution >= 4 is 40.5 Å². The van der Waals surface area contributed by atoms with Crippen molar-refractivity contribution in [3.8, 4) is 11.4 Å². The molecule has 146 valence electrons. The SMILES string of the molecule is CCSc1nc(N2CCOCC2)nc2c(SCC)nc(-c3ccccc3)nc12. The van der Waals surface area contributed by atoms with Crippen molar-refractivity contribution in [3.63, 3.8) is 0 Å². The minimum atomic E-state index is 0.706. The number of morpholine rings is 1. The van der Waals surface area contributed by atoms with Crippen LogP contribution in [-0.4, -0.2) is 57.7 Å². The summed E-state index contributed by atoms with van der Waals surface area (Å²) < 4.78 is 5.48. The van der Waals surface area contributed by atoms with Gasteiger partial charge >= 0.3 is 0 Å². The minimum Gasteiger partial charge on any atom is -0.378 e. The molecule has 6 nitrogen and oxygen atoms in total. The van der Waals surface area contributed by atoms with Crippen LogP contribution < -0.4 is 4.90 Å². The molecule has 3 aromatic rings. The summed E-state index contributed by atoms with van der Waals surface area (Å²) in [4.78, 5) is 21.7. The normalized spacial score (nSPS) is 14.6. The first-order valence-corrected chi connectivity index (χ1v) is 11.5. The first-order chi connectivity index (χ1) is 13.8. The molecule has 0 unspecified atom stereocenters. The third-order valence-corrected chi connectivity index (χ3v) is 6.05. The topological polar surface area (TPSA) is 64.0 Å². The summed E-state index contributed by atoms with van der Waals surface area (Å²) in [5, 5.41) is 1.84. The number of anilines is 1. The first-order valence-electron chi connectivity index (χ1n) is 9.53. The van der Waals surface area contributed by atoms with Gasteiger partial charge in [-0.25, -0.2) is 19.9 Å². The molecule has 1 aromatic carbocycles. The third-order valence-electron chi connectivity index (χ3n) is 4.36. The monoisotopic (exact) mass is 413 g/mol. The Morgan fingerprint density at radius 2 is 1.50 bits per heavy atom. The zero-order valence-electron chi connectivity index (χ0n) is 16.1. The van der Waals surface area contributed by atoms with E-state index in [1.54, 1.807) is 23.5 Å². The van der Waals surface area contributed by atoms with Crippen molar-refractivity contribution < 1.29 is 4.74 Å². The zero-order valence-corrected chi connectivity index (χ0v) is 17.7. The second-order valence-electron chi connectivity index (χ2n) is 6.21. The van der Waals surface area contributed by atoms with Crippen LogP contribution in [0.4, 0.5) is 5.95 Å². The average molecular weight is 414 g/mol. The molecule has 1 fully saturated rings. The van der Waals surface area contributed by atoms with Crippen LogP contribution in [-0.2, 0) is 4.74 Å². The van der Waals surface area contributed by atoms with Gasteiger partial charge in [0, 0.05) is 18.7 Å². The Hall–Kier alpha value is -1.90. The number of thioether (sulfide) groups is 2. The van der Waals surface area contributed by atoms with Crippen LogP contribution in [0.3, 0.4) is 0 Å². The molecular weight excluding hydrogens is 390 g/mol. The van der Waals surface area contributed by atoms with E-state index in [4.69, 9.17) is 24.7 Å². The van der Waals surface area contributed by atoms with Crippen molar-refractivity contribution in [2.45, 2.75) is 23.9 Å². The molecule has 0 amide bonds. The molecule has 3 heterocycles. The molecule has 0 saturated carbocycles. The van der Waals surface area contributed by atoms with E-state index >= 15 is 0 Å². The molecule has 0 spiro atoms. The molecule has 0 N–H and O–H groups in total. The molecule has 28 heavy (non-hydrogen) atoms. The second kappa shape index (κ2) is 9.07. The van der Waals surface area contributed by atoms with Gasteiger partial charge in [-0.15, -0.1) is 23.5 Å². The van der Waals surface area contributed by atoms with Gasteiger partial charge in [0.1, 0.15) is 21.1 Å². The zero-order chi connectivity index (χ0) is 19.3. The fourth-order valence-electron chi connectivity index (χ4n) is 3.05. The van der Waals surface area contributed by atoms with Crippen LogP contribution in [0.1, 0.15) is 13.8 Å². The molecule has 1 aliphatic heterocycles. The Balaban J connectivity index is 1.90. The maximum absolute atomic E-state index is 5.48. The number of rotatable bonds is 6. The van der Waals surface area contributed by atoms with Crippen molar-refractivity contribution in [1.82, 2.24) is 19.9 Å². The molecule has 0 bridgehead atoms. The summed E-state index contributed by atoms with van der Waals surface area (Å²) in [5.41, 5.74) is 2.69. The van der Waals surface area contributed by atoms with Crippen LogP contribution in [0.2, 0.25) is 0 Å². The molecule has 4 rings (SSSR count). The molecule has 2 aromatic heterocycles. The average Bonchev–Trinajstić information content (AvgIpc) is 2.75. The predicted octanol–water partition coefficient (Wildman–Crippen LogP) is 4.15. The summed E-state index contributed by atoms with van der Waals surface area (Å²) in [6, 6.07) is 10.1. The quantitative estimate of drug-likeness (QED) is 0.441. The third kappa shape index (κ3) is 4.09. The van der Waals surface area contributed by atoms with E-state index in [9.17, 15) is 0 Å². The molecule has 0 aliphatic carbocycles. The number of ether oxygens (including phenoxy) is 1. The van der Waals surface area contributed by atoms with E-state index in [0.29, 0.717) is 13.2 Å². The lowest BCUT2D eigenvalue weighted by molar-refractivity contribution is 0.122. The van der Waals surface area contributed by atoms with Crippen LogP contribution in [0.5, 0.6) is 0 Å². The predicted molar refractivity (Wildman–Crippen MR) is 116 cm³/mol. The Labute approximate surface area is 173 Å². The van der Waals surface area contributed by atoms with Crippen molar-refractivity contribution in [3.05, 3.63) is 30.3 Å². The Morgan fingerprint density at radius 3 is 2.18 bits per heavy atom. The van der Waals surface area contributed by atoms with Gasteiger partial charge in [-0.05, 0) is 11.5 Å². The van der Waals surface area contributed by atoms with E-state index in [1.165, 1.54) is 0 Å². The molecule has 0 atom stereocenters. The lowest BCUT2D eigenvalue weighted by Crippen LogP contribution is -2.37. The van der Waals surface area contributed by atoms with E-state index < -0.39 is 0 Å². The number of nitrogens with zero attached hydrogens (tertiary/aromatic N) is 5. The first kappa shape index (κ1) is 19.4. The van der Waals surface area contributed by atoms with Gasteiger partial charge in [-0.3, -0.25) is 0 Å². The highest BCUT2D eigenvalue weighted by atomic mass is 32.2. The summed E-state index contributed by atoms with van der Waals surface area (Å²) in [6.45, 7) is 7.29. The van der Waals surface area contributed by atoms with Gasteiger partial charge in [-0.2, -0.15) is 0 Å². The lowest BCUT2D eigenvalue weighted by atomic mass is 10.2. The highest BCUT2D eigenvalue weighted by molar-refractivity contribution is 7.99. The molecule has 8 heteroatoms. The number of aromatic nitrogens is 4. The van der Waals surface area contributed by atoms with Crippen LogP contribution >= 0.6 is 23.5 Å². The van der Waals surface area contributed by atoms with Gasteiger partial charge in [0.05, 0.1) is 13.2 Å². The summed E-state index contributed by atoms with van der Waals surface area (Å²) in [5.74, 6) is 3.33. The molecule has 1 saturated heterocycles. The highest BCUT2D eigenvalue weighted by Gasteiger charge is 2.20. The largest absolute Gasteiger partial charge is 0.378 e. The Morgan fingerprint density at radius 1 is 0.857 bits per heavy atom. The van der Waals surface area contributed by atoms with Gasteiger partial charge < -0.3 is 9.64 Å². The number of hydrogen-bond donors (Lipinski definition) is 0. The second-order valence-corrected chi connectivity index (χ2v) is 8.72. The van der Waals surface area contributed by atoms with E-state index in [0.717, 1.165) is 63.0 Å². The molecular formula is C20H23N5OS2. The van der Waals surface area contributed by atoms with Crippen molar-refractivity contribution in [1.29, 1.82) is 0 Å². The van der Waals surface area contributed by atoms with Gasteiger partial charge in [-0.1, -0.05) is 44.2 Å². The summed E-state index contributed by atoms with van der Waals surface area (Å²) in [7, 11) is 0. The van der Waals surface area contributed by atoms with Gasteiger partial charge in [0.2, 0.25) is 5.95 Å². The Kier molecular flexibility index (Phi) is 6.29. The van der Waals surface area contributed by atoms with E-state index in [-0.39, 0.29) is 0 Å². The standard InChI is InChI=1S/C20H23N5OS2/c1-3-27-18-16-15(21-17(23-18)14-8-6-5-7-9-14)19(28-4-2)24-20(22-16)25-10-12-26-13-11-25/h5-9H,3-4,10-13H2,1-2H3. The maximum Gasteiger partial charge on any atom is 0.227 e. The molecule has 1 aliphatic rings. The molecule has 0 radical (unpaired) electrons. The summed E-state index contributed by atoms with van der Waals surface area (Å²) in [6.07, 6.45) is 0. The van der Waals surface area contributed by atoms with Gasteiger partial charge in [0.25, 0.3) is 0 Å². The fourth-order valence-corrected chi connectivity index (χ4v) is 4.45. The maximum atomic E-state index is 5.48. The van der Waals surface area contributed by atoms with Crippen molar-refractivity contribution in [2.24, 2.45) is 0 Å². The number of benzene rings is 1. The van der Waals surface area contributed by atoms with Crippen molar-refractivity contribution in [2.75, 3.05) is 42.7 Å². The van der Waals surface area contributed by atoms with Crippen LogP contribution in [0.25, 0.3) is 22.4 Å². The Bertz CT molecular complexity index is 948. The number of hydrogen-bond acceptors (Lipinski definition) is 8.